The maximum absolute atomic E-state index is 3.54. The van der Waals surface area contributed by atoms with Crippen LogP contribution in [0, 0.1) is 11.8 Å². The lowest BCUT2D eigenvalue weighted by atomic mass is 10.3. The molecule has 0 heterocycles. The van der Waals surface area contributed by atoms with Gasteiger partial charge in [0, 0.05) is 32.7 Å². The van der Waals surface area contributed by atoms with E-state index >= 15 is 0 Å². The lowest BCUT2D eigenvalue weighted by molar-refractivity contribution is 0.288. The summed E-state index contributed by atoms with van der Waals surface area (Å²) < 4.78 is 0. The van der Waals surface area contributed by atoms with Crippen LogP contribution in [-0.2, 0) is 0 Å². The van der Waals surface area contributed by atoms with Crippen LogP contribution in [-0.4, -0.2) is 62.7 Å². The first kappa shape index (κ1) is 14.9. The maximum atomic E-state index is 3.54. The summed E-state index contributed by atoms with van der Waals surface area (Å²) in [5.41, 5.74) is 0. The molecule has 0 aliphatic heterocycles. The fourth-order valence-corrected chi connectivity index (χ4v) is 2.32. The minimum atomic E-state index is 0.980. The summed E-state index contributed by atoms with van der Waals surface area (Å²) in [6.45, 7) is 15.0. The Balaban J connectivity index is 1.89. The van der Waals surface area contributed by atoms with Crippen LogP contribution < -0.4 is 5.32 Å². The molecular formula is C14H31N3. The predicted molar refractivity (Wildman–Crippen MR) is 75.4 cm³/mol. The van der Waals surface area contributed by atoms with Crippen LogP contribution in [0.5, 0.6) is 0 Å². The van der Waals surface area contributed by atoms with Crippen molar-refractivity contribution >= 4 is 0 Å². The first-order valence-electron chi connectivity index (χ1n) is 7.29. The van der Waals surface area contributed by atoms with Crippen molar-refractivity contribution < 1.29 is 0 Å². The maximum Gasteiger partial charge on any atom is 0.0107 e. The average molecular weight is 241 g/mol. The van der Waals surface area contributed by atoms with Crippen molar-refractivity contribution in [3.05, 3.63) is 0 Å². The summed E-state index contributed by atoms with van der Waals surface area (Å²) in [5, 5.41) is 3.54. The molecule has 2 atom stereocenters. The molecule has 0 aromatic rings. The van der Waals surface area contributed by atoms with Gasteiger partial charge in [-0.1, -0.05) is 20.8 Å². The van der Waals surface area contributed by atoms with Crippen LogP contribution in [0.2, 0.25) is 0 Å². The van der Waals surface area contributed by atoms with Gasteiger partial charge in [-0.25, -0.2) is 0 Å². The van der Waals surface area contributed by atoms with Gasteiger partial charge in [0.15, 0.2) is 0 Å². The van der Waals surface area contributed by atoms with Crippen molar-refractivity contribution in [1.29, 1.82) is 0 Å². The minimum Gasteiger partial charge on any atom is -0.314 e. The van der Waals surface area contributed by atoms with Crippen molar-refractivity contribution in [3.8, 4) is 0 Å². The summed E-state index contributed by atoms with van der Waals surface area (Å²) in [7, 11) is 2.25. The van der Waals surface area contributed by atoms with Crippen LogP contribution in [0.3, 0.4) is 0 Å². The Labute approximate surface area is 108 Å². The molecule has 17 heavy (non-hydrogen) atoms. The highest BCUT2D eigenvalue weighted by atomic mass is 15.1. The zero-order valence-electron chi connectivity index (χ0n) is 12.2. The highest BCUT2D eigenvalue weighted by Gasteiger charge is 2.32. The monoisotopic (exact) mass is 241 g/mol. The lowest BCUT2D eigenvalue weighted by Crippen LogP contribution is -2.36. The van der Waals surface area contributed by atoms with Gasteiger partial charge in [-0.2, -0.15) is 0 Å². The van der Waals surface area contributed by atoms with Crippen LogP contribution >= 0.6 is 0 Å². The van der Waals surface area contributed by atoms with Crippen LogP contribution in [0.4, 0.5) is 0 Å². The molecule has 3 nitrogen and oxygen atoms in total. The second-order valence-electron chi connectivity index (χ2n) is 5.51. The van der Waals surface area contributed by atoms with E-state index < -0.39 is 0 Å². The molecule has 0 amide bonds. The van der Waals surface area contributed by atoms with E-state index in [1.54, 1.807) is 0 Å². The van der Waals surface area contributed by atoms with Gasteiger partial charge in [-0.15, -0.1) is 0 Å². The number of likely N-dealkylation sites (N-methyl/N-ethyl adjacent to an activating group) is 2. The average Bonchev–Trinajstić information content (AvgIpc) is 2.99. The van der Waals surface area contributed by atoms with Gasteiger partial charge >= 0.3 is 0 Å². The predicted octanol–water partition coefficient (Wildman–Crippen LogP) is 1.51. The lowest BCUT2D eigenvalue weighted by Gasteiger charge is -2.19. The first-order chi connectivity index (χ1) is 8.17. The van der Waals surface area contributed by atoms with E-state index in [9.17, 15) is 0 Å². The molecule has 0 spiro atoms. The topological polar surface area (TPSA) is 18.5 Å². The molecule has 2 unspecified atom stereocenters. The molecule has 0 aromatic heterocycles. The Morgan fingerprint density at radius 1 is 1.12 bits per heavy atom. The van der Waals surface area contributed by atoms with E-state index in [4.69, 9.17) is 0 Å². The molecule has 102 valence electrons. The number of hydrogen-bond donors (Lipinski definition) is 1. The number of rotatable bonds is 10. The van der Waals surface area contributed by atoms with E-state index in [1.165, 1.54) is 26.1 Å². The van der Waals surface area contributed by atoms with Gasteiger partial charge < -0.3 is 15.1 Å². The Bertz CT molecular complexity index is 192. The molecule has 0 saturated heterocycles. The summed E-state index contributed by atoms with van der Waals surface area (Å²) in [5.74, 6) is 1.96. The Kier molecular flexibility index (Phi) is 7.09. The summed E-state index contributed by atoms with van der Waals surface area (Å²) in [6, 6.07) is 0. The summed E-state index contributed by atoms with van der Waals surface area (Å²) in [4.78, 5) is 4.93. The van der Waals surface area contributed by atoms with Gasteiger partial charge in [-0.3, -0.25) is 0 Å². The van der Waals surface area contributed by atoms with Crippen LogP contribution in [0.25, 0.3) is 0 Å². The van der Waals surface area contributed by atoms with Crippen LogP contribution in [0.15, 0.2) is 0 Å². The van der Waals surface area contributed by atoms with E-state index in [-0.39, 0.29) is 0 Å². The zero-order chi connectivity index (χ0) is 12.7. The Morgan fingerprint density at radius 2 is 1.71 bits per heavy atom. The van der Waals surface area contributed by atoms with Crippen molar-refractivity contribution in [2.24, 2.45) is 11.8 Å². The molecule has 0 aromatic carbocycles. The molecule has 1 rings (SSSR count). The van der Waals surface area contributed by atoms with Gasteiger partial charge in [0.1, 0.15) is 0 Å². The SMILES string of the molecule is CCN(CC)CCNCCN(C)CC1CC1C. The second kappa shape index (κ2) is 8.06. The quantitative estimate of drug-likeness (QED) is 0.585. The molecule has 0 bridgehead atoms. The van der Waals surface area contributed by atoms with E-state index in [2.05, 4.69) is 42.9 Å². The highest BCUT2D eigenvalue weighted by molar-refractivity contribution is 4.84. The van der Waals surface area contributed by atoms with Gasteiger partial charge in [0.25, 0.3) is 0 Å². The highest BCUT2D eigenvalue weighted by Crippen LogP contribution is 2.37. The van der Waals surface area contributed by atoms with Crippen LogP contribution in [0.1, 0.15) is 27.2 Å². The van der Waals surface area contributed by atoms with Gasteiger partial charge in [-0.05, 0) is 38.4 Å². The fraction of sp³-hybridized carbons (Fsp3) is 1.00. The standard InChI is InChI=1S/C14H31N3/c1-5-17(6-2)10-8-15-7-9-16(4)12-14-11-13(14)3/h13-15H,5-12H2,1-4H3. The van der Waals surface area contributed by atoms with E-state index in [1.807, 2.05) is 0 Å². The normalized spacial score (nSPS) is 23.6. The smallest absolute Gasteiger partial charge is 0.0107 e. The molecule has 1 N–H and O–H groups in total. The molecule has 1 fully saturated rings. The third-order valence-electron chi connectivity index (χ3n) is 3.99. The minimum absolute atomic E-state index is 0.980. The summed E-state index contributed by atoms with van der Waals surface area (Å²) >= 11 is 0. The van der Waals surface area contributed by atoms with Crippen molar-refractivity contribution in [1.82, 2.24) is 15.1 Å². The Morgan fingerprint density at radius 3 is 2.24 bits per heavy atom. The molecule has 1 saturated carbocycles. The fourth-order valence-electron chi connectivity index (χ4n) is 2.32. The zero-order valence-corrected chi connectivity index (χ0v) is 12.2. The number of nitrogens with zero attached hydrogens (tertiary/aromatic N) is 2. The first-order valence-corrected chi connectivity index (χ1v) is 7.29. The van der Waals surface area contributed by atoms with Crippen molar-refractivity contribution in [3.63, 3.8) is 0 Å². The van der Waals surface area contributed by atoms with Crippen molar-refractivity contribution in [2.75, 3.05) is 52.9 Å². The third kappa shape index (κ3) is 6.39. The Hall–Kier alpha value is -0.120. The number of hydrogen-bond acceptors (Lipinski definition) is 3. The third-order valence-corrected chi connectivity index (χ3v) is 3.99. The van der Waals surface area contributed by atoms with E-state index in [0.717, 1.165) is 38.0 Å². The molecule has 0 radical (unpaired) electrons. The second-order valence-corrected chi connectivity index (χ2v) is 5.51. The molecular weight excluding hydrogens is 210 g/mol. The van der Waals surface area contributed by atoms with Gasteiger partial charge in [0.05, 0.1) is 0 Å². The molecule has 3 heteroatoms. The summed E-state index contributed by atoms with van der Waals surface area (Å²) in [6.07, 6.45) is 1.44. The largest absolute Gasteiger partial charge is 0.314 e. The van der Waals surface area contributed by atoms with Crippen molar-refractivity contribution in [2.45, 2.75) is 27.2 Å². The number of nitrogens with one attached hydrogen (secondary N) is 1. The van der Waals surface area contributed by atoms with Gasteiger partial charge in [0.2, 0.25) is 0 Å². The van der Waals surface area contributed by atoms with E-state index in [0.29, 0.717) is 0 Å². The molecule has 1 aliphatic carbocycles. The molecule has 1 aliphatic rings.